The zero-order chi connectivity index (χ0) is 70.0. The van der Waals surface area contributed by atoms with E-state index in [0.29, 0.717) is 48.6 Å². The monoisotopic (exact) mass is 1410 g/mol. The first-order valence-electron chi connectivity index (χ1n) is 34.1. The van der Waals surface area contributed by atoms with Gasteiger partial charge < -0.3 is 19.5 Å². The number of rotatable bonds is 15. The van der Waals surface area contributed by atoms with Gasteiger partial charge in [-0.05, 0) is 125 Å². The summed E-state index contributed by atoms with van der Waals surface area (Å²) in [6, 6.07) is 128. The maximum atomic E-state index is 8.70. The van der Waals surface area contributed by atoms with Crippen molar-refractivity contribution in [1.29, 1.82) is 0 Å². The van der Waals surface area contributed by atoms with Crippen LogP contribution in [0, 0.1) is 0 Å². The van der Waals surface area contributed by atoms with Crippen molar-refractivity contribution >= 4 is 101 Å². The van der Waals surface area contributed by atoms with Gasteiger partial charge in [-0.3, -0.25) is 9.13 Å². The maximum absolute atomic E-state index is 8.70. The number of halogens is 1. The Kier molecular flexibility index (Phi) is 18.9. The fraction of sp³-hybridized carbons (Fsp3) is 0. The number of aromatic nitrogens is 8. The van der Waals surface area contributed by atoms with Crippen LogP contribution in [0.4, 0.5) is 34.1 Å². The molecule has 12 nitrogen and oxygen atoms in total. The molecule has 0 bridgehead atoms. The summed E-state index contributed by atoms with van der Waals surface area (Å²) in [6.45, 7) is 0. The van der Waals surface area contributed by atoms with Gasteiger partial charge in [0, 0.05) is 88.0 Å². The minimum absolute atomic E-state index is 0.576. The zero-order valence-corrected chi connectivity index (χ0v) is 57.7. The van der Waals surface area contributed by atoms with E-state index in [2.05, 4.69) is 211 Å². The number of benzene rings is 14. The van der Waals surface area contributed by atoms with Gasteiger partial charge >= 0.3 is 7.69 Å². The molecule has 0 unspecified atom stereocenters. The van der Waals surface area contributed by atoms with Crippen LogP contribution in [0.5, 0.6) is 5.75 Å². The van der Waals surface area contributed by atoms with Gasteiger partial charge in [0.1, 0.15) is 5.75 Å². The zero-order valence-electron chi connectivity index (χ0n) is 56.1. The third-order valence-corrected chi connectivity index (χ3v) is 18.5. The summed E-state index contributed by atoms with van der Waals surface area (Å²) in [5.41, 5.74) is 16.6. The Labute approximate surface area is 610 Å². The summed E-state index contributed by atoms with van der Waals surface area (Å²) in [5, 5.41) is 13.3. The molecule has 4 aromatic heterocycles. The van der Waals surface area contributed by atoms with Gasteiger partial charge in [0.25, 0.3) is 0 Å². The SMILES string of the molecule is Brc1cccc2c3ccccc3n(-c3nc(-c4ccccc4)nc(-c4ccccc4)n3)c12.O[B]Oc1ccc(N(c2ccccc2)c2ccccc2)cc1.c1ccc(-c2nc(-c3ccccc3)nc(-n3c4ccccc4c4cccc(-c5ccc(N(c6ccccc6)c6ccccc6)cc5)c43)n2)cc1. The van der Waals surface area contributed by atoms with E-state index in [4.69, 9.17) is 39.6 Å². The van der Waals surface area contributed by atoms with Gasteiger partial charge in [-0.1, -0.05) is 273 Å². The van der Waals surface area contributed by atoms with Crippen molar-refractivity contribution in [3.63, 3.8) is 0 Å². The summed E-state index contributed by atoms with van der Waals surface area (Å²) in [6.07, 6.45) is 0. The number of fused-ring (bicyclic) bond motifs is 6. The first kappa shape index (κ1) is 65.2. The lowest BCUT2D eigenvalue weighted by molar-refractivity contribution is 0.454. The summed E-state index contributed by atoms with van der Waals surface area (Å²) in [4.78, 5) is 34.4. The molecule has 4 heterocycles. The van der Waals surface area contributed by atoms with Crippen LogP contribution in [0.15, 0.2) is 381 Å². The number of anilines is 6. The third-order valence-electron chi connectivity index (χ3n) is 17.9. The molecule has 495 valence electrons. The van der Waals surface area contributed by atoms with Crippen LogP contribution < -0.4 is 14.5 Å². The quantitative estimate of drug-likeness (QED) is 0.0993. The first-order chi connectivity index (χ1) is 51.5. The predicted octanol–water partition coefficient (Wildman–Crippen LogP) is 22.6. The molecule has 0 aliphatic rings. The molecular formula is C90H63BBrN10O2. The second-order valence-electron chi connectivity index (χ2n) is 24.3. The van der Waals surface area contributed by atoms with Crippen LogP contribution in [0.3, 0.4) is 0 Å². The third kappa shape index (κ3) is 13.6. The summed E-state index contributed by atoms with van der Waals surface area (Å²) in [7, 11) is 0.682. The van der Waals surface area contributed by atoms with E-state index < -0.39 is 0 Å². The van der Waals surface area contributed by atoms with E-state index >= 15 is 0 Å². The number of hydrogen-bond donors (Lipinski definition) is 1. The van der Waals surface area contributed by atoms with Gasteiger partial charge in [-0.15, -0.1) is 0 Å². The molecule has 18 aromatic rings. The minimum atomic E-state index is 0.576. The van der Waals surface area contributed by atoms with E-state index in [1.807, 2.05) is 200 Å². The van der Waals surface area contributed by atoms with Crippen molar-refractivity contribution in [3.05, 3.63) is 381 Å². The van der Waals surface area contributed by atoms with E-state index in [1.54, 1.807) is 0 Å². The Morgan fingerprint density at radius 2 is 0.567 bits per heavy atom. The highest BCUT2D eigenvalue weighted by Crippen LogP contribution is 2.42. The van der Waals surface area contributed by atoms with Crippen molar-refractivity contribution in [2.45, 2.75) is 0 Å². The second-order valence-corrected chi connectivity index (χ2v) is 25.2. The molecule has 0 spiro atoms. The van der Waals surface area contributed by atoms with Gasteiger partial charge in [-0.2, -0.15) is 19.9 Å². The van der Waals surface area contributed by atoms with Crippen molar-refractivity contribution < 1.29 is 9.68 Å². The Morgan fingerprint density at radius 1 is 0.269 bits per heavy atom. The molecule has 1 radical (unpaired) electrons. The lowest BCUT2D eigenvalue weighted by Gasteiger charge is -2.25. The molecule has 0 aliphatic carbocycles. The van der Waals surface area contributed by atoms with Crippen LogP contribution in [-0.2, 0) is 0 Å². The van der Waals surface area contributed by atoms with E-state index in [-0.39, 0.29) is 0 Å². The molecule has 14 heteroatoms. The number of hydrogen-bond acceptors (Lipinski definition) is 10. The molecule has 0 atom stereocenters. The van der Waals surface area contributed by atoms with Gasteiger partial charge in [0.2, 0.25) is 11.9 Å². The van der Waals surface area contributed by atoms with Crippen LogP contribution in [0.2, 0.25) is 0 Å². The van der Waals surface area contributed by atoms with Crippen LogP contribution in [0.25, 0.3) is 112 Å². The highest BCUT2D eigenvalue weighted by atomic mass is 79.9. The number of para-hydroxylation sites is 8. The molecular weight excluding hydrogens is 1340 g/mol. The Morgan fingerprint density at radius 3 is 0.942 bits per heavy atom. The lowest BCUT2D eigenvalue weighted by Crippen LogP contribution is -2.09. The van der Waals surface area contributed by atoms with Crippen molar-refractivity contribution in [2.24, 2.45) is 0 Å². The predicted molar refractivity (Wildman–Crippen MR) is 428 cm³/mol. The summed E-state index contributed by atoms with van der Waals surface area (Å²) < 4.78 is 10.3. The largest absolute Gasteiger partial charge is 0.569 e. The molecule has 0 aliphatic heterocycles. The maximum Gasteiger partial charge on any atom is 0.569 e. The summed E-state index contributed by atoms with van der Waals surface area (Å²) >= 11 is 3.76. The van der Waals surface area contributed by atoms with Crippen molar-refractivity contribution in [2.75, 3.05) is 9.80 Å². The molecule has 18 rings (SSSR count). The smallest absolute Gasteiger partial charge is 0.537 e. The normalized spacial score (nSPS) is 11.0. The van der Waals surface area contributed by atoms with Crippen molar-refractivity contribution in [3.8, 4) is 74.3 Å². The Bertz CT molecular complexity index is 5740. The topological polar surface area (TPSA) is 123 Å². The fourth-order valence-electron chi connectivity index (χ4n) is 13.2. The Balaban J connectivity index is 0.000000132. The summed E-state index contributed by atoms with van der Waals surface area (Å²) in [5.74, 6) is 4.31. The van der Waals surface area contributed by atoms with E-state index in [0.717, 1.165) is 116 Å². The van der Waals surface area contributed by atoms with E-state index in [1.165, 1.54) is 0 Å². The average Bonchev–Trinajstić information content (AvgIpc) is 1.60. The highest BCUT2D eigenvalue weighted by molar-refractivity contribution is 9.10. The molecule has 0 fully saturated rings. The molecule has 104 heavy (non-hydrogen) atoms. The van der Waals surface area contributed by atoms with Gasteiger partial charge in [-0.25, -0.2) is 9.97 Å². The molecule has 1 N–H and O–H groups in total. The average molecular weight is 1410 g/mol. The van der Waals surface area contributed by atoms with Crippen LogP contribution in [-0.4, -0.2) is 51.7 Å². The Hall–Kier alpha value is -13.4. The lowest BCUT2D eigenvalue weighted by atomic mass is 10.0. The fourth-order valence-corrected chi connectivity index (χ4v) is 13.7. The second kappa shape index (κ2) is 30.2. The van der Waals surface area contributed by atoms with Crippen LogP contribution in [0.1, 0.15) is 0 Å². The molecule has 0 saturated heterocycles. The van der Waals surface area contributed by atoms with Crippen LogP contribution >= 0.6 is 15.9 Å². The molecule has 14 aromatic carbocycles. The highest BCUT2D eigenvalue weighted by Gasteiger charge is 2.23. The molecule has 0 amide bonds. The van der Waals surface area contributed by atoms with E-state index in [9.17, 15) is 0 Å². The number of nitrogens with zero attached hydrogens (tertiary/aromatic N) is 10. The molecule has 0 saturated carbocycles. The van der Waals surface area contributed by atoms with Crippen molar-refractivity contribution in [1.82, 2.24) is 39.0 Å². The van der Waals surface area contributed by atoms with Gasteiger partial charge in [0.15, 0.2) is 23.3 Å². The standard InChI is InChI=1S/C45H31N5.C27H17BrN4.C18H15BNO2/c1-5-16-33(17-6-1)43-46-44(34-18-7-2-8-19-34)48-45(47-43)50-41-27-14-13-24-39(41)40-26-15-25-38(42(40)50)32-28-30-37(31-29-32)49(35-20-9-3-10-21-35)36-22-11-4-12-23-36;28-22-16-9-15-21-20-14-7-8-17-23(20)32(24(21)22)27-30-25(18-10-3-1-4-11-18)29-26(31-27)19-12-5-2-6-13-19;21-19-22-18-13-11-17(12-14-18)20(15-7-3-1-4-8-15)16-9-5-2-6-10-16/h1-31H;1-17H;1-14,21H. The van der Waals surface area contributed by atoms with Gasteiger partial charge in [0.05, 0.1) is 22.1 Å². The minimum Gasteiger partial charge on any atom is -0.537 e. The first-order valence-corrected chi connectivity index (χ1v) is 34.9.